The molecular weight excluding hydrogens is 330 g/mol. The fourth-order valence-electron chi connectivity index (χ4n) is 1.82. The van der Waals surface area contributed by atoms with Crippen LogP contribution in [0.15, 0.2) is 41.3 Å². The fraction of sp³-hybridized carbons (Fsp3) is 0.0714. The molecule has 0 aliphatic rings. The first-order chi connectivity index (χ1) is 10.8. The van der Waals surface area contributed by atoms with E-state index in [4.69, 9.17) is 0 Å². The van der Waals surface area contributed by atoms with Crippen molar-refractivity contribution in [3.05, 3.63) is 63.7 Å². The maximum atomic E-state index is 13.3. The topological polar surface area (TPSA) is 89.3 Å². The Hall–Kier alpha value is -2.68. The lowest BCUT2D eigenvalue weighted by Gasteiger charge is -2.07. The van der Waals surface area contributed by atoms with Gasteiger partial charge < -0.3 is 5.32 Å². The van der Waals surface area contributed by atoms with Crippen LogP contribution in [-0.4, -0.2) is 21.3 Å². The summed E-state index contributed by atoms with van der Waals surface area (Å²) in [6.45, 7) is 0. The maximum Gasteiger partial charge on any atom is 0.285 e. The number of rotatable bonds is 4. The lowest BCUT2D eigenvalue weighted by atomic mass is 10.1. The minimum atomic E-state index is -1.42. The van der Waals surface area contributed by atoms with Gasteiger partial charge in [-0.1, -0.05) is 6.07 Å². The van der Waals surface area contributed by atoms with Crippen LogP contribution in [0.2, 0.25) is 0 Å². The van der Waals surface area contributed by atoms with Gasteiger partial charge in [-0.3, -0.25) is 19.1 Å². The zero-order valence-electron chi connectivity index (χ0n) is 11.7. The van der Waals surface area contributed by atoms with Crippen molar-refractivity contribution in [2.75, 3.05) is 11.6 Å². The molecule has 0 saturated carbocycles. The first-order valence-electron chi connectivity index (χ1n) is 6.18. The zero-order valence-corrected chi connectivity index (χ0v) is 12.5. The van der Waals surface area contributed by atoms with Crippen LogP contribution in [0.3, 0.4) is 0 Å². The number of halogens is 2. The molecule has 0 bridgehead atoms. The van der Waals surface area contributed by atoms with E-state index in [0.29, 0.717) is 17.0 Å². The van der Waals surface area contributed by atoms with Crippen molar-refractivity contribution in [1.82, 2.24) is 0 Å². The first kappa shape index (κ1) is 16.7. The van der Waals surface area contributed by atoms with Gasteiger partial charge in [-0.15, -0.1) is 0 Å². The van der Waals surface area contributed by atoms with Crippen molar-refractivity contribution < 1.29 is 22.7 Å². The molecule has 2 aromatic carbocycles. The Labute approximate surface area is 131 Å². The predicted molar refractivity (Wildman–Crippen MR) is 79.7 cm³/mol. The molecule has 0 aliphatic carbocycles. The highest BCUT2D eigenvalue weighted by Crippen LogP contribution is 2.24. The largest absolute Gasteiger partial charge is 0.322 e. The van der Waals surface area contributed by atoms with E-state index in [0.717, 1.165) is 0 Å². The van der Waals surface area contributed by atoms with Gasteiger partial charge in [-0.05, 0) is 24.3 Å². The van der Waals surface area contributed by atoms with E-state index in [-0.39, 0.29) is 5.69 Å². The second kappa shape index (κ2) is 6.61. The molecule has 6 nitrogen and oxygen atoms in total. The summed E-state index contributed by atoms with van der Waals surface area (Å²) in [5, 5.41) is 13.2. The minimum Gasteiger partial charge on any atom is -0.322 e. The number of hydrogen-bond acceptors (Lipinski definition) is 4. The number of carbonyl (C=O) groups excluding carboxylic acids is 1. The summed E-state index contributed by atoms with van der Waals surface area (Å²) in [5.74, 6) is -3.77. The molecule has 0 unspecified atom stereocenters. The van der Waals surface area contributed by atoms with E-state index in [2.05, 4.69) is 5.32 Å². The third-order valence-electron chi connectivity index (χ3n) is 2.90. The van der Waals surface area contributed by atoms with Gasteiger partial charge in [0.2, 0.25) is 0 Å². The molecule has 1 atom stereocenters. The van der Waals surface area contributed by atoms with Gasteiger partial charge >= 0.3 is 0 Å². The lowest BCUT2D eigenvalue weighted by Crippen LogP contribution is -2.15. The van der Waals surface area contributed by atoms with Crippen LogP contribution in [0.1, 0.15) is 10.4 Å². The van der Waals surface area contributed by atoms with E-state index < -0.39 is 44.5 Å². The van der Waals surface area contributed by atoms with Crippen LogP contribution in [-0.2, 0) is 10.8 Å². The summed E-state index contributed by atoms with van der Waals surface area (Å²) < 4.78 is 37.8. The van der Waals surface area contributed by atoms with Crippen molar-refractivity contribution in [2.24, 2.45) is 0 Å². The van der Waals surface area contributed by atoms with E-state index in [1.807, 2.05) is 0 Å². The summed E-state index contributed by atoms with van der Waals surface area (Å²) in [5.41, 5.74) is -1.24. The molecule has 0 radical (unpaired) electrons. The Kier molecular flexibility index (Phi) is 4.80. The molecule has 0 heterocycles. The third-order valence-corrected chi connectivity index (χ3v) is 3.82. The van der Waals surface area contributed by atoms with Gasteiger partial charge in [-0.2, -0.15) is 0 Å². The molecule has 0 aromatic heterocycles. The van der Waals surface area contributed by atoms with Gasteiger partial charge in [0.1, 0.15) is 5.56 Å². The van der Waals surface area contributed by atoms with Gasteiger partial charge in [0, 0.05) is 27.6 Å². The highest BCUT2D eigenvalue weighted by molar-refractivity contribution is 7.84. The van der Waals surface area contributed by atoms with Crippen LogP contribution in [0.4, 0.5) is 20.2 Å². The summed E-state index contributed by atoms with van der Waals surface area (Å²) >= 11 is 0. The summed E-state index contributed by atoms with van der Waals surface area (Å²) in [4.78, 5) is 22.4. The van der Waals surface area contributed by atoms with Crippen molar-refractivity contribution in [1.29, 1.82) is 0 Å². The molecule has 120 valence electrons. The smallest absolute Gasteiger partial charge is 0.285 e. The Morgan fingerprint density at radius 1 is 1.22 bits per heavy atom. The van der Waals surface area contributed by atoms with Crippen molar-refractivity contribution >= 4 is 28.1 Å². The van der Waals surface area contributed by atoms with Crippen molar-refractivity contribution in [3.63, 3.8) is 0 Å². The van der Waals surface area contributed by atoms with E-state index in [9.17, 15) is 27.9 Å². The fourth-order valence-corrected chi connectivity index (χ4v) is 2.38. The minimum absolute atomic E-state index is 0.224. The highest BCUT2D eigenvalue weighted by Gasteiger charge is 2.24. The Bertz CT molecular complexity index is 826. The number of nitrogens with zero attached hydrogens (tertiary/aromatic N) is 1. The van der Waals surface area contributed by atoms with Gasteiger partial charge in [0.25, 0.3) is 11.6 Å². The van der Waals surface area contributed by atoms with Gasteiger partial charge in [0.15, 0.2) is 11.6 Å². The third kappa shape index (κ3) is 3.75. The standard InChI is InChI=1S/C14H10F2N2O4S/c1-23(22)9-4-2-3-8(5-9)17-14(19)10-6-11(15)12(16)7-13(10)18(20)21/h2-7H,1H3,(H,17,19)/t23-/m1/s1. The SMILES string of the molecule is C[S@@](=O)c1cccc(NC(=O)c2cc(F)c(F)cc2[N+](=O)[O-])c1. The predicted octanol–water partition coefficient (Wildman–Crippen LogP) is 2.86. The molecule has 0 aliphatic heterocycles. The van der Waals surface area contributed by atoms with Crippen LogP contribution in [0, 0.1) is 21.7 Å². The molecule has 0 fully saturated rings. The Balaban J connectivity index is 2.38. The molecule has 2 aromatic rings. The average molecular weight is 340 g/mol. The summed E-state index contributed by atoms with van der Waals surface area (Å²) in [6.07, 6.45) is 1.45. The molecule has 0 saturated heterocycles. The van der Waals surface area contributed by atoms with E-state index >= 15 is 0 Å². The molecule has 2 rings (SSSR count). The monoisotopic (exact) mass is 340 g/mol. The maximum absolute atomic E-state index is 13.3. The molecule has 1 N–H and O–H groups in total. The Morgan fingerprint density at radius 3 is 2.48 bits per heavy atom. The molecule has 0 spiro atoms. The van der Waals surface area contributed by atoms with Crippen molar-refractivity contribution in [2.45, 2.75) is 4.90 Å². The number of nitrogens with one attached hydrogen (secondary N) is 1. The van der Waals surface area contributed by atoms with Gasteiger partial charge in [0.05, 0.1) is 11.0 Å². The van der Waals surface area contributed by atoms with E-state index in [1.165, 1.54) is 24.5 Å². The second-order valence-corrected chi connectivity index (χ2v) is 5.86. The summed E-state index contributed by atoms with van der Waals surface area (Å²) in [6, 6.07) is 6.81. The molecule has 9 heteroatoms. The number of nitro benzene ring substituents is 1. The van der Waals surface area contributed by atoms with Crippen LogP contribution in [0.5, 0.6) is 0 Å². The average Bonchev–Trinajstić information content (AvgIpc) is 2.49. The number of carbonyl (C=O) groups is 1. The zero-order chi connectivity index (χ0) is 17.1. The number of anilines is 1. The number of amides is 1. The first-order valence-corrected chi connectivity index (χ1v) is 7.73. The second-order valence-electron chi connectivity index (χ2n) is 4.48. The lowest BCUT2D eigenvalue weighted by molar-refractivity contribution is -0.385. The van der Waals surface area contributed by atoms with Crippen LogP contribution < -0.4 is 5.32 Å². The van der Waals surface area contributed by atoms with E-state index in [1.54, 1.807) is 6.07 Å². The normalized spacial score (nSPS) is 11.8. The quantitative estimate of drug-likeness (QED) is 0.684. The summed E-state index contributed by atoms with van der Waals surface area (Å²) in [7, 11) is -1.29. The Morgan fingerprint density at radius 2 is 1.87 bits per heavy atom. The number of nitro groups is 1. The van der Waals surface area contributed by atoms with Crippen LogP contribution >= 0.6 is 0 Å². The number of hydrogen-bond donors (Lipinski definition) is 1. The molecule has 1 amide bonds. The highest BCUT2D eigenvalue weighted by atomic mass is 32.2. The molecular formula is C14H10F2N2O4S. The number of benzene rings is 2. The van der Waals surface area contributed by atoms with Crippen molar-refractivity contribution in [3.8, 4) is 0 Å². The molecule has 23 heavy (non-hydrogen) atoms. The van der Waals surface area contributed by atoms with Crippen LogP contribution in [0.25, 0.3) is 0 Å². The van der Waals surface area contributed by atoms with Gasteiger partial charge in [-0.25, -0.2) is 8.78 Å².